The zero-order chi connectivity index (χ0) is 12.1. The van der Waals surface area contributed by atoms with Gasteiger partial charge in [0, 0.05) is 0 Å². The van der Waals surface area contributed by atoms with Crippen LogP contribution in [0.25, 0.3) is 0 Å². The summed E-state index contributed by atoms with van der Waals surface area (Å²) in [5.74, 6) is 2.03. The van der Waals surface area contributed by atoms with Crippen molar-refractivity contribution in [1.29, 1.82) is 0 Å². The van der Waals surface area contributed by atoms with Crippen molar-refractivity contribution in [3.8, 4) is 0 Å². The van der Waals surface area contributed by atoms with Crippen LogP contribution in [-0.2, 0) is 0 Å². The Bertz CT molecular complexity index is 86.2. The van der Waals surface area contributed by atoms with Gasteiger partial charge in [-0.1, -0.05) is 86.5 Å². The Morgan fingerprint density at radius 1 is 1.00 bits per heavy atom. The third kappa shape index (κ3) is 14.0. The summed E-state index contributed by atoms with van der Waals surface area (Å²) < 4.78 is 0. The topological polar surface area (TPSA) is 0 Å². The van der Waals surface area contributed by atoms with Gasteiger partial charge in [-0.3, -0.25) is 0 Å². The van der Waals surface area contributed by atoms with Crippen molar-refractivity contribution in [2.24, 2.45) is 11.8 Å². The van der Waals surface area contributed by atoms with E-state index in [1.54, 1.807) is 0 Å². The van der Waals surface area contributed by atoms with Gasteiger partial charge in [0.25, 0.3) is 0 Å². The van der Waals surface area contributed by atoms with Crippen LogP contribution in [0.5, 0.6) is 0 Å². The second kappa shape index (κ2) is 14.0. The van der Waals surface area contributed by atoms with Gasteiger partial charge in [-0.25, -0.2) is 0 Å². The highest BCUT2D eigenvalue weighted by Crippen LogP contribution is 2.24. The van der Waals surface area contributed by atoms with E-state index in [0.717, 1.165) is 11.8 Å². The fourth-order valence-electron chi connectivity index (χ4n) is 1.74. The van der Waals surface area contributed by atoms with Crippen LogP contribution in [0.1, 0.15) is 86.5 Å². The lowest BCUT2D eigenvalue weighted by Gasteiger charge is -2.18. The molecule has 0 heteroatoms. The lowest BCUT2D eigenvalue weighted by atomic mass is 9.88. The first-order valence-electron chi connectivity index (χ1n) is 7.20. The molecule has 0 amide bonds. The van der Waals surface area contributed by atoms with Crippen LogP contribution in [0.15, 0.2) is 0 Å². The Hall–Kier alpha value is 0. The second-order valence-electron chi connectivity index (χ2n) is 4.72. The van der Waals surface area contributed by atoms with E-state index in [1.807, 2.05) is 13.8 Å². The Kier molecular flexibility index (Phi) is 16.2. The van der Waals surface area contributed by atoms with E-state index < -0.39 is 0 Å². The number of hydrogen-bond acceptors (Lipinski definition) is 0. The molecule has 0 bridgehead atoms. The van der Waals surface area contributed by atoms with Gasteiger partial charge < -0.3 is 0 Å². The molecule has 0 atom stereocenters. The van der Waals surface area contributed by atoms with E-state index >= 15 is 0 Å². The molecule has 0 aromatic heterocycles. The van der Waals surface area contributed by atoms with E-state index in [2.05, 4.69) is 27.7 Å². The Morgan fingerprint density at radius 2 is 1.33 bits per heavy atom. The minimum Gasteiger partial charge on any atom is -0.0683 e. The van der Waals surface area contributed by atoms with Crippen LogP contribution < -0.4 is 0 Å². The van der Waals surface area contributed by atoms with Gasteiger partial charge in [0.15, 0.2) is 0 Å². The molecule has 0 spiro atoms. The standard InChI is InChI=1S/C8H18.C5H10.C2H6/c1-4-6-8(3)7-5-2;1-5-3-2-4-5;1-2/h8H,4-7H2,1-3H3;5H,2-4H2,1H3;1-2H3. The first-order chi connectivity index (χ1) is 7.20. The van der Waals surface area contributed by atoms with Crippen molar-refractivity contribution >= 4 is 0 Å². The minimum atomic E-state index is 0.963. The van der Waals surface area contributed by atoms with Gasteiger partial charge in [-0.2, -0.15) is 0 Å². The molecule has 0 aromatic carbocycles. The first-order valence-corrected chi connectivity index (χ1v) is 7.20. The molecule has 0 heterocycles. The molecule has 0 aromatic rings. The monoisotopic (exact) mass is 214 g/mol. The normalized spacial score (nSPS) is 14.6. The molecule has 0 aliphatic heterocycles. The van der Waals surface area contributed by atoms with Crippen molar-refractivity contribution in [2.75, 3.05) is 0 Å². The summed E-state index contributed by atoms with van der Waals surface area (Å²) in [5, 5.41) is 0. The van der Waals surface area contributed by atoms with Crippen LogP contribution in [0.2, 0.25) is 0 Å². The lowest BCUT2D eigenvalue weighted by molar-refractivity contribution is 0.346. The molecule has 15 heavy (non-hydrogen) atoms. The van der Waals surface area contributed by atoms with Crippen molar-refractivity contribution in [2.45, 2.75) is 86.5 Å². The first kappa shape index (κ1) is 17.4. The van der Waals surface area contributed by atoms with Crippen LogP contribution in [0.3, 0.4) is 0 Å². The van der Waals surface area contributed by atoms with Gasteiger partial charge in [0.05, 0.1) is 0 Å². The number of hydrogen-bond donors (Lipinski definition) is 0. The third-order valence-corrected chi connectivity index (χ3v) is 2.96. The van der Waals surface area contributed by atoms with Crippen LogP contribution in [0, 0.1) is 11.8 Å². The molecule has 1 saturated carbocycles. The summed E-state index contributed by atoms with van der Waals surface area (Å²) >= 11 is 0. The average molecular weight is 214 g/mol. The molecule has 1 aliphatic carbocycles. The van der Waals surface area contributed by atoms with E-state index in [4.69, 9.17) is 0 Å². The fourth-order valence-corrected chi connectivity index (χ4v) is 1.74. The van der Waals surface area contributed by atoms with Crippen molar-refractivity contribution < 1.29 is 0 Å². The lowest BCUT2D eigenvalue weighted by Crippen LogP contribution is -2.04. The van der Waals surface area contributed by atoms with Gasteiger partial charge in [-0.05, 0) is 11.8 Å². The summed E-state index contributed by atoms with van der Waals surface area (Å²) in [7, 11) is 0. The predicted octanol–water partition coefficient (Wildman–Crippen LogP) is 6.06. The molecule has 94 valence electrons. The molecule has 0 unspecified atom stereocenters. The molecular weight excluding hydrogens is 180 g/mol. The maximum absolute atomic E-state index is 2.34. The van der Waals surface area contributed by atoms with Crippen molar-refractivity contribution in [1.82, 2.24) is 0 Å². The maximum atomic E-state index is 2.34. The molecule has 0 saturated heterocycles. The van der Waals surface area contributed by atoms with Crippen LogP contribution in [0.4, 0.5) is 0 Å². The maximum Gasteiger partial charge on any atom is -0.0443 e. The molecule has 0 N–H and O–H groups in total. The van der Waals surface area contributed by atoms with E-state index in [-0.39, 0.29) is 0 Å². The fraction of sp³-hybridized carbons (Fsp3) is 1.00. The second-order valence-corrected chi connectivity index (χ2v) is 4.72. The van der Waals surface area contributed by atoms with E-state index in [9.17, 15) is 0 Å². The van der Waals surface area contributed by atoms with Crippen molar-refractivity contribution in [3.05, 3.63) is 0 Å². The summed E-state index contributed by atoms with van der Waals surface area (Å²) in [4.78, 5) is 0. The zero-order valence-electron chi connectivity index (χ0n) is 12.1. The predicted molar refractivity (Wildman–Crippen MR) is 73.3 cm³/mol. The van der Waals surface area contributed by atoms with Gasteiger partial charge in [0.1, 0.15) is 0 Å². The highest BCUT2D eigenvalue weighted by Gasteiger charge is 2.09. The smallest absolute Gasteiger partial charge is 0.0443 e. The molecular formula is C15H34. The van der Waals surface area contributed by atoms with Crippen LogP contribution >= 0.6 is 0 Å². The highest BCUT2D eigenvalue weighted by atomic mass is 14.1. The zero-order valence-corrected chi connectivity index (χ0v) is 12.1. The third-order valence-electron chi connectivity index (χ3n) is 2.96. The number of rotatable bonds is 4. The van der Waals surface area contributed by atoms with E-state index in [0.29, 0.717) is 0 Å². The molecule has 1 fully saturated rings. The molecule has 0 radical (unpaired) electrons. The molecule has 1 aliphatic rings. The van der Waals surface area contributed by atoms with Crippen molar-refractivity contribution in [3.63, 3.8) is 0 Å². The Balaban J connectivity index is 0. The summed E-state index contributed by atoms with van der Waals surface area (Å²) in [5.41, 5.74) is 0. The van der Waals surface area contributed by atoms with Gasteiger partial charge in [0.2, 0.25) is 0 Å². The largest absolute Gasteiger partial charge is 0.0683 e. The molecule has 1 rings (SSSR count). The van der Waals surface area contributed by atoms with E-state index in [1.165, 1.54) is 44.9 Å². The van der Waals surface area contributed by atoms with Crippen LogP contribution in [-0.4, -0.2) is 0 Å². The Morgan fingerprint density at radius 3 is 1.47 bits per heavy atom. The van der Waals surface area contributed by atoms with Gasteiger partial charge in [-0.15, -0.1) is 0 Å². The quantitative estimate of drug-likeness (QED) is 0.534. The minimum absolute atomic E-state index is 0.963. The summed E-state index contributed by atoms with van der Waals surface area (Å²) in [6.45, 7) is 13.2. The Labute approximate surface area is 98.9 Å². The SMILES string of the molecule is CC.CC1CCC1.CCCC(C)CCC. The molecule has 0 nitrogen and oxygen atoms in total. The highest BCUT2D eigenvalue weighted by molar-refractivity contribution is 4.62. The average Bonchev–Trinajstić information content (AvgIpc) is 2.20. The van der Waals surface area contributed by atoms with Gasteiger partial charge >= 0.3 is 0 Å². The summed E-state index contributed by atoms with van der Waals surface area (Å²) in [6.07, 6.45) is 9.98. The summed E-state index contributed by atoms with van der Waals surface area (Å²) in [6, 6.07) is 0.